The number of nitrogens with zero attached hydrogens (tertiary/aromatic N) is 2. The van der Waals surface area contributed by atoms with Crippen molar-refractivity contribution in [1.82, 2.24) is 15.2 Å². The van der Waals surface area contributed by atoms with Gasteiger partial charge >= 0.3 is 12.0 Å². The van der Waals surface area contributed by atoms with Crippen LogP contribution in [0.1, 0.15) is 42.7 Å². The average molecular weight is 285 g/mol. The molecule has 1 aromatic rings. The van der Waals surface area contributed by atoms with Crippen LogP contribution in [-0.2, 0) is 6.54 Å². The standard InChI is InChI=1S/C12H19N3O3S/c1-5-12(2,3)15(4)11(18)13-6-9-14-8(7-19-9)10(16)17/h7H,5-6H2,1-4H3,(H,13,18)(H,16,17). The molecule has 7 heteroatoms. The summed E-state index contributed by atoms with van der Waals surface area (Å²) >= 11 is 1.22. The number of thiazole rings is 1. The molecule has 2 amide bonds. The van der Waals surface area contributed by atoms with E-state index < -0.39 is 5.97 Å². The average Bonchev–Trinajstić information content (AvgIpc) is 2.83. The molecule has 1 aromatic heterocycles. The van der Waals surface area contributed by atoms with Crippen molar-refractivity contribution in [2.24, 2.45) is 0 Å². The molecule has 106 valence electrons. The molecule has 0 aliphatic rings. The Kier molecular flexibility index (Phi) is 4.88. The number of hydrogen-bond acceptors (Lipinski definition) is 4. The van der Waals surface area contributed by atoms with E-state index in [-0.39, 0.29) is 23.8 Å². The number of aromatic nitrogens is 1. The zero-order valence-electron chi connectivity index (χ0n) is 11.6. The highest BCUT2D eigenvalue weighted by Gasteiger charge is 2.25. The van der Waals surface area contributed by atoms with Gasteiger partial charge in [-0.3, -0.25) is 0 Å². The van der Waals surface area contributed by atoms with Crippen LogP contribution < -0.4 is 5.32 Å². The molecular weight excluding hydrogens is 266 g/mol. The van der Waals surface area contributed by atoms with Gasteiger partial charge in [-0.25, -0.2) is 14.6 Å². The van der Waals surface area contributed by atoms with Crippen LogP contribution in [0, 0.1) is 0 Å². The minimum Gasteiger partial charge on any atom is -0.476 e. The van der Waals surface area contributed by atoms with Gasteiger partial charge in [0, 0.05) is 18.0 Å². The van der Waals surface area contributed by atoms with Crippen molar-refractivity contribution >= 4 is 23.3 Å². The first-order valence-electron chi connectivity index (χ1n) is 5.97. The van der Waals surface area contributed by atoms with Crippen molar-refractivity contribution in [3.8, 4) is 0 Å². The van der Waals surface area contributed by atoms with Gasteiger partial charge in [0.15, 0.2) is 5.69 Å². The zero-order valence-corrected chi connectivity index (χ0v) is 12.4. The topological polar surface area (TPSA) is 82.5 Å². The van der Waals surface area contributed by atoms with Crippen LogP contribution in [0.4, 0.5) is 4.79 Å². The van der Waals surface area contributed by atoms with Gasteiger partial charge in [0.1, 0.15) is 5.01 Å². The lowest BCUT2D eigenvalue weighted by Gasteiger charge is -2.34. The third-order valence-corrected chi connectivity index (χ3v) is 4.09. The van der Waals surface area contributed by atoms with Crippen molar-refractivity contribution in [3.63, 3.8) is 0 Å². The molecule has 0 saturated heterocycles. The Morgan fingerprint density at radius 1 is 1.53 bits per heavy atom. The minimum atomic E-state index is -1.06. The Labute approximate surface area is 116 Å². The molecule has 0 fully saturated rings. The summed E-state index contributed by atoms with van der Waals surface area (Å²) < 4.78 is 0. The summed E-state index contributed by atoms with van der Waals surface area (Å²) in [6.45, 7) is 6.22. The van der Waals surface area contributed by atoms with Crippen LogP contribution in [0.5, 0.6) is 0 Å². The highest BCUT2D eigenvalue weighted by Crippen LogP contribution is 2.16. The summed E-state index contributed by atoms with van der Waals surface area (Å²) in [6, 6.07) is -0.195. The molecule has 0 unspecified atom stereocenters. The summed E-state index contributed by atoms with van der Waals surface area (Å²) in [5.74, 6) is -1.06. The fraction of sp³-hybridized carbons (Fsp3) is 0.583. The normalized spacial score (nSPS) is 11.2. The van der Waals surface area contributed by atoms with E-state index in [4.69, 9.17) is 5.11 Å². The zero-order chi connectivity index (χ0) is 14.6. The molecule has 0 aromatic carbocycles. The van der Waals surface area contributed by atoms with Gasteiger partial charge in [-0.05, 0) is 20.3 Å². The Hall–Kier alpha value is -1.63. The predicted molar refractivity (Wildman–Crippen MR) is 73.4 cm³/mol. The first-order chi connectivity index (χ1) is 8.77. The number of carboxylic acids is 1. The number of carboxylic acid groups (broad SMARTS) is 1. The maximum Gasteiger partial charge on any atom is 0.355 e. The van der Waals surface area contributed by atoms with E-state index in [0.717, 1.165) is 6.42 Å². The highest BCUT2D eigenvalue weighted by atomic mass is 32.1. The number of hydrogen-bond donors (Lipinski definition) is 2. The molecule has 1 rings (SSSR count). The Morgan fingerprint density at radius 2 is 2.16 bits per heavy atom. The maximum absolute atomic E-state index is 11.9. The number of urea groups is 1. The van der Waals surface area contributed by atoms with E-state index in [0.29, 0.717) is 5.01 Å². The van der Waals surface area contributed by atoms with E-state index >= 15 is 0 Å². The quantitative estimate of drug-likeness (QED) is 0.868. The van der Waals surface area contributed by atoms with Crippen molar-refractivity contribution < 1.29 is 14.7 Å². The van der Waals surface area contributed by atoms with Crippen molar-refractivity contribution in [1.29, 1.82) is 0 Å². The van der Waals surface area contributed by atoms with Gasteiger partial charge in [-0.15, -0.1) is 11.3 Å². The van der Waals surface area contributed by atoms with E-state index in [9.17, 15) is 9.59 Å². The van der Waals surface area contributed by atoms with Crippen LogP contribution in [0.15, 0.2) is 5.38 Å². The van der Waals surface area contributed by atoms with Crippen LogP contribution in [0.3, 0.4) is 0 Å². The second-order valence-corrected chi connectivity index (χ2v) is 5.76. The largest absolute Gasteiger partial charge is 0.476 e. The second kappa shape index (κ2) is 6.01. The minimum absolute atomic E-state index is 0.0106. The number of carbonyl (C=O) groups excluding carboxylic acids is 1. The molecule has 2 N–H and O–H groups in total. The number of rotatable bonds is 5. The van der Waals surface area contributed by atoms with Gasteiger partial charge in [0.2, 0.25) is 0 Å². The number of nitrogens with one attached hydrogen (secondary N) is 1. The maximum atomic E-state index is 11.9. The molecule has 19 heavy (non-hydrogen) atoms. The first kappa shape index (κ1) is 15.4. The third kappa shape index (κ3) is 3.92. The van der Waals surface area contributed by atoms with E-state index in [1.807, 2.05) is 20.8 Å². The molecule has 6 nitrogen and oxygen atoms in total. The summed E-state index contributed by atoms with van der Waals surface area (Å²) in [5, 5.41) is 13.5. The fourth-order valence-corrected chi connectivity index (χ4v) is 1.98. The molecule has 0 aliphatic heterocycles. The summed E-state index contributed by atoms with van der Waals surface area (Å²) in [6.07, 6.45) is 0.845. The van der Waals surface area contributed by atoms with Gasteiger partial charge < -0.3 is 15.3 Å². The molecule has 0 bridgehead atoms. The smallest absolute Gasteiger partial charge is 0.355 e. The van der Waals surface area contributed by atoms with Crippen molar-refractivity contribution in [2.75, 3.05) is 7.05 Å². The van der Waals surface area contributed by atoms with Gasteiger partial charge in [0.05, 0.1) is 6.54 Å². The van der Waals surface area contributed by atoms with Crippen LogP contribution in [-0.4, -0.2) is 39.6 Å². The van der Waals surface area contributed by atoms with Crippen molar-refractivity contribution in [2.45, 2.75) is 39.3 Å². The fourth-order valence-electron chi connectivity index (χ4n) is 1.27. The van der Waals surface area contributed by atoms with E-state index in [1.165, 1.54) is 16.7 Å². The molecular formula is C12H19N3O3S. The van der Waals surface area contributed by atoms with Gasteiger partial charge in [-0.2, -0.15) is 0 Å². The lowest BCUT2D eigenvalue weighted by atomic mass is 10.0. The summed E-state index contributed by atoms with van der Waals surface area (Å²) in [5.41, 5.74) is -0.212. The number of amides is 2. The summed E-state index contributed by atoms with van der Waals surface area (Å²) in [4.78, 5) is 28.2. The Bertz CT molecular complexity index is 471. The lowest BCUT2D eigenvalue weighted by molar-refractivity contribution is 0.0691. The molecule has 0 radical (unpaired) electrons. The Morgan fingerprint density at radius 3 is 2.63 bits per heavy atom. The molecule has 0 aliphatic carbocycles. The summed E-state index contributed by atoms with van der Waals surface area (Å²) in [7, 11) is 1.74. The SMILES string of the molecule is CCC(C)(C)N(C)C(=O)NCc1nc(C(=O)O)cs1. The Balaban J connectivity index is 2.56. The molecule has 1 heterocycles. The van der Waals surface area contributed by atoms with E-state index in [1.54, 1.807) is 11.9 Å². The predicted octanol–water partition coefficient (Wildman–Crippen LogP) is 2.17. The number of carbonyl (C=O) groups is 2. The first-order valence-corrected chi connectivity index (χ1v) is 6.85. The van der Waals surface area contributed by atoms with Gasteiger partial charge in [0.25, 0.3) is 0 Å². The van der Waals surface area contributed by atoms with Crippen molar-refractivity contribution in [3.05, 3.63) is 16.1 Å². The number of aromatic carboxylic acids is 1. The highest BCUT2D eigenvalue weighted by molar-refractivity contribution is 7.09. The third-order valence-electron chi connectivity index (χ3n) is 3.24. The van der Waals surface area contributed by atoms with Crippen LogP contribution in [0.25, 0.3) is 0 Å². The van der Waals surface area contributed by atoms with Gasteiger partial charge in [-0.1, -0.05) is 6.92 Å². The lowest BCUT2D eigenvalue weighted by Crippen LogP contribution is -2.49. The molecule has 0 atom stereocenters. The van der Waals surface area contributed by atoms with Crippen LogP contribution >= 0.6 is 11.3 Å². The monoisotopic (exact) mass is 285 g/mol. The molecule has 0 spiro atoms. The second-order valence-electron chi connectivity index (χ2n) is 4.82. The van der Waals surface area contributed by atoms with Crippen LogP contribution in [0.2, 0.25) is 0 Å². The molecule has 0 saturated carbocycles. The van der Waals surface area contributed by atoms with E-state index in [2.05, 4.69) is 10.3 Å².